The number of ketones is 1. The van der Waals surface area contributed by atoms with Gasteiger partial charge in [-0.1, -0.05) is 36.9 Å². The predicted molar refractivity (Wildman–Crippen MR) is 85.2 cm³/mol. The van der Waals surface area contributed by atoms with E-state index < -0.39 is 18.5 Å². The lowest BCUT2D eigenvalue weighted by Gasteiger charge is -2.20. The summed E-state index contributed by atoms with van der Waals surface area (Å²) in [6.45, 7) is 3.21. The molecule has 0 aliphatic carbocycles. The average Bonchev–Trinajstić information content (AvgIpc) is 2.61. The van der Waals surface area contributed by atoms with Gasteiger partial charge in [0.05, 0.1) is 0 Å². The van der Waals surface area contributed by atoms with Crippen LogP contribution in [0.3, 0.4) is 0 Å². The minimum atomic E-state index is -2.03. The predicted octanol–water partition coefficient (Wildman–Crippen LogP) is 1.66. The van der Waals surface area contributed by atoms with E-state index >= 15 is 0 Å². The van der Waals surface area contributed by atoms with E-state index in [2.05, 4.69) is 11.3 Å². The lowest BCUT2D eigenvalue weighted by molar-refractivity contribution is -0.216. The molecular weight excluding hydrogens is 312 g/mol. The van der Waals surface area contributed by atoms with Crippen LogP contribution in [0.2, 0.25) is 0 Å². The van der Waals surface area contributed by atoms with Crippen LogP contribution in [0, 0.1) is 0 Å². The second kappa shape index (κ2) is 8.05. The third-order valence-corrected chi connectivity index (χ3v) is 3.05. The Hall–Kier alpha value is -2.96. The molecule has 0 aromatic heterocycles. The third kappa shape index (κ3) is 4.52. The number of ether oxygens (including phenoxy) is 2. The van der Waals surface area contributed by atoms with Gasteiger partial charge < -0.3 is 19.7 Å². The van der Waals surface area contributed by atoms with E-state index in [-0.39, 0.29) is 11.5 Å². The zero-order valence-corrected chi connectivity index (χ0v) is 12.7. The van der Waals surface area contributed by atoms with Gasteiger partial charge in [0.2, 0.25) is 6.29 Å². The summed E-state index contributed by atoms with van der Waals surface area (Å²) in [5.41, 5.74) is 0.993. The Balaban J connectivity index is 2.09. The summed E-state index contributed by atoms with van der Waals surface area (Å²) < 4.78 is 9.85. The standard InChI is InChI=1S/C18H16O6/c1-2-15(19)24-18(17(21)22)23-14-10-8-13(9-11-14)16(20)12-6-4-3-5-7-12/h2-11,17-18,21-22H,1H2. The molecule has 1 unspecified atom stereocenters. The van der Waals surface area contributed by atoms with Gasteiger partial charge in [-0.05, 0) is 24.3 Å². The van der Waals surface area contributed by atoms with Crippen molar-refractivity contribution < 1.29 is 29.3 Å². The van der Waals surface area contributed by atoms with Crippen LogP contribution in [0.25, 0.3) is 0 Å². The van der Waals surface area contributed by atoms with Gasteiger partial charge in [0.1, 0.15) is 5.75 Å². The molecule has 2 rings (SSSR count). The van der Waals surface area contributed by atoms with E-state index in [4.69, 9.17) is 4.74 Å². The number of hydrogen-bond acceptors (Lipinski definition) is 6. The van der Waals surface area contributed by atoms with Crippen molar-refractivity contribution in [1.82, 2.24) is 0 Å². The fourth-order valence-corrected chi connectivity index (χ4v) is 1.88. The quantitative estimate of drug-likeness (QED) is 0.347. The highest BCUT2D eigenvalue weighted by Crippen LogP contribution is 2.18. The zero-order valence-electron chi connectivity index (χ0n) is 12.7. The van der Waals surface area contributed by atoms with E-state index in [9.17, 15) is 19.8 Å². The molecular formula is C18H16O6. The van der Waals surface area contributed by atoms with Gasteiger partial charge in [0.15, 0.2) is 5.78 Å². The Labute approximate surface area is 138 Å². The topological polar surface area (TPSA) is 93.1 Å². The van der Waals surface area contributed by atoms with Crippen LogP contribution in [-0.4, -0.2) is 34.5 Å². The van der Waals surface area contributed by atoms with Gasteiger partial charge in [-0.3, -0.25) is 4.79 Å². The van der Waals surface area contributed by atoms with Crippen LogP contribution >= 0.6 is 0 Å². The number of aliphatic hydroxyl groups excluding tert-OH is 1. The largest absolute Gasteiger partial charge is 0.450 e. The van der Waals surface area contributed by atoms with Crippen LogP contribution < -0.4 is 4.74 Å². The van der Waals surface area contributed by atoms with Gasteiger partial charge in [-0.25, -0.2) is 4.79 Å². The minimum absolute atomic E-state index is 0.154. The Morgan fingerprint density at radius 2 is 1.54 bits per heavy atom. The van der Waals surface area contributed by atoms with Crippen molar-refractivity contribution in [2.24, 2.45) is 0 Å². The van der Waals surface area contributed by atoms with Crippen molar-refractivity contribution in [3.8, 4) is 5.75 Å². The summed E-state index contributed by atoms with van der Waals surface area (Å²) in [6, 6.07) is 14.8. The highest BCUT2D eigenvalue weighted by Gasteiger charge is 2.22. The number of rotatable bonds is 7. The van der Waals surface area contributed by atoms with E-state index in [1.807, 2.05) is 6.07 Å². The summed E-state index contributed by atoms with van der Waals surface area (Å²) in [5.74, 6) is -0.808. The van der Waals surface area contributed by atoms with E-state index in [0.29, 0.717) is 11.1 Å². The summed E-state index contributed by atoms with van der Waals surface area (Å²) in [7, 11) is 0. The summed E-state index contributed by atoms with van der Waals surface area (Å²) >= 11 is 0. The second-order valence-electron chi connectivity index (χ2n) is 4.76. The Bertz CT molecular complexity index is 706. The van der Waals surface area contributed by atoms with Crippen LogP contribution in [-0.2, 0) is 9.53 Å². The van der Waals surface area contributed by atoms with Gasteiger partial charge >= 0.3 is 5.97 Å². The van der Waals surface area contributed by atoms with Crippen LogP contribution in [0.15, 0.2) is 67.3 Å². The molecule has 0 saturated heterocycles. The van der Waals surface area contributed by atoms with Crippen LogP contribution in [0.4, 0.5) is 0 Å². The summed E-state index contributed by atoms with van der Waals surface area (Å²) in [4.78, 5) is 23.4. The first kappa shape index (κ1) is 17.4. The summed E-state index contributed by atoms with van der Waals surface area (Å²) in [5, 5.41) is 18.3. The van der Waals surface area contributed by atoms with Gasteiger partial charge in [0.25, 0.3) is 6.29 Å². The summed E-state index contributed by atoms with van der Waals surface area (Å²) in [6.07, 6.45) is -2.76. The second-order valence-corrected chi connectivity index (χ2v) is 4.76. The number of benzene rings is 2. The Morgan fingerprint density at radius 3 is 2.08 bits per heavy atom. The molecule has 0 spiro atoms. The van der Waals surface area contributed by atoms with Crippen molar-refractivity contribution in [3.05, 3.63) is 78.4 Å². The first-order chi connectivity index (χ1) is 11.5. The normalized spacial score (nSPS) is 11.6. The maximum absolute atomic E-state index is 12.3. The molecule has 0 heterocycles. The van der Waals surface area contributed by atoms with E-state index in [1.54, 1.807) is 24.3 Å². The molecule has 6 heteroatoms. The Kier molecular flexibility index (Phi) is 5.83. The molecule has 0 aliphatic rings. The lowest BCUT2D eigenvalue weighted by atomic mass is 10.0. The first-order valence-electron chi connectivity index (χ1n) is 7.07. The molecule has 0 fully saturated rings. The fourth-order valence-electron chi connectivity index (χ4n) is 1.88. The number of carbonyl (C=O) groups is 2. The smallest absolute Gasteiger partial charge is 0.333 e. The average molecular weight is 328 g/mol. The van der Waals surface area contributed by atoms with Crippen molar-refractivity contribution in [2.45, 2.75) is 12.6 Å². The lowest BCUT2D eigenvalue weighted by Crippen LogP contribution is -2.35. The van der Waals surface area contributed by atoms with Crippen molar-refractivity contribution in [3.63, 3.8) is 0 Å². The number of aliphatic hydroxyl groups is 2. The van der Waals surface area contributed by atoms with E-state index in [1.165, 1.54) is 24.3 Å². The van der Waals surface area contributed by atoms with Crippen molar-refractivity contribution in [2.75, 3.05) is 0 Å². The minimum Gasteiger partial charge on any atom is -0.450 e. The maximum atomic E-state index is 12.3. The van der Waals surface area contributed by atoms with Gasteiger partial charge in [-0.15, -0.1) is 0 Å². The molecule has 2 N–H and O–H groups in total. The number of esters is 1. The monoisotopic (exact) mass is 328 g/mol. The fraction of sp³-hybridized carbons (Fsp3) is 0.111. The molecule has 0 aliphatic heterocycles. The SMILES string of the molecule is C=CC(=O)OC(Oc1ccc(C(=O)c2ccccc2)cc1)C(O)O. The molecule has 124 valence electrons. The van der Waals surface area contributed by atoms with Crippen LogP contribution in [0.5, 0.6) is 5.75 Å². The molecule has 24 heavy (non-hydrogen) atoms. The highest BCUT2D eigenvalue weighted by molar-refractivity contribution is 6.08. The number of carbonyl (C=O) groups excluding carboxylic acids is 2. The molecule has 0 bridgehead atoms. The Morgan fingerprint density at radius 1 is 0.958 bits per heavy atom. The molecule has 0 saturated carbocycles. The molecule has 6 nitrogen and oxygen atoms in total. The molecule has 2 aromatic rings. The molecule has 2 aromatic carbocycles. The molecule has 0 amide bonds. The van der Waals surface area contributed by atoms with Gasteiger partial charge in [-0.2, -0.15) is 0 Å². The van der Waals surface area contributed by atoms with Crippen LogP contribution in [0.1, 0.15) is 15.9 Å². The van der Waals surface area contributed by atoms with E-state index in [0.717, 1.165) is 6.08 Å². The molecule has 1 atom stereocenters. The van der Waals surface area contributed by atoms with Crippen molar-refractivity contribution >= 4 is 11.8 Å². The maximum Gasteiger partial charge on any atom is 0.333 e. The molecule has 0 radical (unpaired) electrons. The number of hydrogen-bond donors (Lipinski definition) is 2. The zero-order chi connectivity index (χ0) is 17.5. The first-order valence-corrected chi connectivity index (χ1v) is 7.07. The highest BCUT2D eigenvalue weighted by atomic mass is 16.7. The van der Waals surface area contributed by atoms with Crippen molar-refractivity contribution in [1.29, 1.82) is 0 Å². The van der Waals surface area contributed by atoms with Gasteiger partial charge in [0, 0.05) is 17.2 Å². The third-order valence-electron chi connectivity index (χ3n) is 3.05.